The quantitative estimate of drug-likeness (QED) is 0.825. The van der Waals surface area contributed by atoms with Gasteiger partial charge in [-0.1, -0.05) is 12.8 Å². The highest BCUT2D eigenvalue weighted by Crippen LogP contribution is 2.23. The van der Waals surface area contributed by atoms with Gasteiger partial charge in [0, 0.05) is 48.7 Å². The summed E-state index contributed by atoms with van der Waals surface area (Å²) in [6.45, 7) is 5.19. The summed E-state index contributed by atoms with van der Waals surface area (Å²) >= 11 is 0. The molecule has 0 bridgehead atoms. The van der Waals surface area contributed by atoms with Crippen molar-refractivity contribution in [3.63, 3.8) is 0 Å². The maximum atomic E-state index is 12.6. The largest absolute Gasteiger partial charge is 0.372 e. The lowest BCUT2D eigenvalue weighted by atomic mass is 10.1. The van der Waals surface area contributed by atoms with Crippen LogP contribution in [0, 0.1) is 0 Å². The monoisotopic (exact) mass is 376 g/mol. The molecule has 2 aliphatic rings. The molecule has 0 radical (unpaired) electrons. The van der Waals surface area contributed by atoms with Crippen molar-refractivity contribution in [2.24, 2.45) is 5.10 Å². The number of nitrogens with one attached hydrogen (secondary N) is 1. The van der Waals surface area contributed by atoms with Crippen LogP contribution in [0.3, 0.4) is 0 Å². The summed E-state index contributed by atoms with van der Waals surface area (Å²) in [5, 5.41) is 9.48. The predicted molar refractivity (Wildman–Crippen MR) is 117 cm³/mol. The van der Waals surface area contributed by atoms with Crippen molar-refractivity contribution >= 4 is 28.7 Å². The van der Waals surface area contributed by atoms with Gasteiger partial charge < -0.3 is 10.2 Å². The molecular weight excluding hydrogens is 348 g/mol. The van der Waals surface area contributed by atoms with Crippen LogP contribution in [-0.2, 0) is 0 Å². The molecule has 5 heteroatoms. The van der Waals surface area contributed by atoms with E-state index >= 15 is 0 Å². The van der Waals surface area contributed by atoms with Crippen LogP contribution in [0.15, 0.2) is 53.6 Å². The van der Waals surface area contributed by atoms with Crippen LogP contribution in [0.1, 0.15) is 49.4 Å². The minimum Gasteiger partial charge on any atom is -0.372 e. The Hall–Kier alpha value is -2.82. The van der Waals surface area contributed by atoms with Gasteiger partial charge in [-0.2, -0.15) is 5.10 Å². The first-order valence-electron chi connectivity index (χ1n) is 10.3. The average molecular weight is 377 g/mol. The molecule has 0 spiro atoms. The lowest BCUT2D eigenvalue weighted by Crippen LogP contribution is -2.23. The second kappa shape index (κ2) is 8.46. The molecule has 1 saturated heterocycles. The van der Waals surface area contributed by atoms with E-state index in [2.05, 4.69) is 27.5 Å². The molecule has 1 N–H and O–H groups in total. The molecule has 0 aliphatic carbocycles. The van der Waals surface area contributed by atoms with E-state index in [1.807, 2.05) is 48.3 Å². The van der Waals surface area contributed by atoms with Gasteiger partial charge in [0.2, 0.25) is 0 Å². The third kappa shape index (κ3) is 4.35. The molecule has 0 saturated carbocycles. The van der Waals surface area contributed by atoms with Gasteiger partial charge in [-0.25, -0.2) is 0 Å². The number of rotatable bonds is 4. The molecule has 5 nitrogen and oxygen atoms in total. The molecule has 1 amide bonds. The Kier molecular flexibility index (Phi) is 5.60. The van der Waals surface area contributed by atoms with E-state index < -0.39 is 0 Å². The number of nitrogens with zero attached hydrogens (tertiary/aromatic N) is 3. The number of hydrogen-bond acceptors (Lipinski definition) is 4. The Bertz CT molecular complexity index is 834. The van der Waals surface area contributed by atoms with Crippen molar-refractivity contribution in [1.29, 1.82) is 0 Å². The minimum absolute atomic E-state index is 0.0878. The number of benzene rings is 2. The molecule has 2 aliphatic heterocycles. The molecule has 2 aromatic carbocycles. The lowest BCUT2D eigenvalue weighted by molar-refractivity contribution is 0.102. The topological polar surface area (TPSA) is 47.9 Å². The predicted octanol–water partition coefficient (Wildman–Crippen LogP) is 4.91. The molecule has 0 atom stereocenters. The normalized spacial score (nSPS) is 17.2. The van der Waals surface area contributed by atoms with E-state index in [4.69, 9.17) is 0 Å². The fourth-order valence-corrected chi connectivity index (χ4v) is 3.83. The number of carbonyl (C=O) groups is 1. The number of amides is 1. The maximum Gasteiger partial charge on any atom is 0.255 e. The molecular formula is C23H28N4O. The first-order chi connectivity index (χ1) is 13.7. The molecule has 4 rings (SSSR count). The van der Waals surface area contributed by atoms with Crippen molar-refractivity contribution in [1.82, 2.24) is 0 Å². The second-order valence-corrected chi connectivity index (χ2v) is 7.66. The van der Waals surface area contributed by atoms with Gasteiger partial charge in [-0.05, 0) is 68.3 Å². The minimum atomic E-state index is -0.0878. The molecule has 28 heavy (non-hydrogen) atoms. The van der Waals surface area contributed by atoms with Crippen molar-refractivity contribution < 1.29 is 4.79 Å². The number of carbonyl (C=O) groups excluding carboxylic acids is 1. The summed E-state index contributed by atoms with van der Waals surface area (Å²) in [6.07, 6.45) is 6.17. The molecule has 2 aromatic rings. The summed E-state index contributed by atoms with van der Waals surface area (Å²) in [6, 6.07) is 15.8. The van der Waals surface area contributed by atoms with Crippen LogP contribution in [0.2, 0.25) is 0 Å². The zero-order valence-corrected chi connectivity index (χ0v) is 16.5. The number of hydrazone groups is 1. The van der Waals surface area contributed by atoms with Crippen LogP contribution in [-0.4, -0.2) is 31.3 Å². The zero-order valence-electron chi connectivity index (χ0n) is 16.5. The van der Waals surface area contributed by atoms with Crippen molar-refractivity contribution in [2.75, 3.05) is 34.9 Å². The summed E-state index contributed by atoms with van der Waals surface area (Å²) in [5.41, 5.74) is 4.89. The maximum absolute atomic E-state index is 12.6. The Balaban J connectivity index is 1.38. The second-order valence-electron chi connectivity index (χ2n) is 7.66. The van der Waals surface area contributed by atoms with Crippen molar-refractivity contribution in [3.05, 3.63) is 54.1 Å². The Morgan fingerprint density at radius 1 is 0.857 bits per heavy atom. The van der Waals surface area contributed by atoms with Crippen molar-refractivity contribution in [3.8, 4) is 0 Å². The Morgan fingerprint density at radius 3 is 2.11 bits per heavy atom. The van der Waals surface area contributed by atoms with Crippen LogP contribution in [0.25, 0.3) is 0 Å². The lowest BCUT2D eigenvalue weighted by Gasteiger charge is -2.22. The first-order valence-corrected chi connectivity index (χ1v) is 10.3. The SMILES string of the molecule is CC1=NN(c2ccc(C(=O)Nc3ccc(N4CCCCCC4)cc3)cc2)CC1. The summed E-state index contributed by atoms with van der Waals surface area (Å²) < 4.78 is 0. The molecule has 0 aromatic heterocycles. The van der Waals surface area contributed by atoms with Gasteiger partial charge >= 0.3 is 0 Å². The molecule has 0 unspecified atom stereocenters. The third-order valence-corrected chi connectivity index (χ3v) is 5.50. The highest BCUT2D eigenvalue weighted by molar-refractivity contribution is 6.04. The highest BCUT2D eigenvalue weighted by Gasteiger charge is 2.14. The Labute approximate surface area is 167 Å². The van der Waals surface area contributed by atoms with E-state index in [1.54, 1.807) is 0 Å². The van der Waals surface area contributed by atoms with E-state index in [-0.39, 0.29) is 5.91 Å². The van der Waals surface area contributed by atoms with E-state index in [0.717, 1.165) is 43.1 Å². The average Bonchev–Trinajstić information content (AvgIpc) is 2.98. The fourth-order valence-electron chi connectivity index (χ4n) is 3.83. The van der Waals surface area contributed by atoms with Gasteiger partial charge in [0.05, 0.1) is 5.69 Å². The van der Waals surface area contributed by atoms with E-state index in [9.17, 15) is 4.79 Å². The fraction of sp³-hybridized carbons (Fsp3) is 0.391. The van der Waals surface area contributed by atoms with Crippen molar-refractivity contribution in [2.45, 2.75) is 39.0 Å². The standard InChI is InChI=1S/C23H28N4O/c1-18-14-17-27(25-18)22-10-6-19(7-11-22)23(28)24-20-8-12-21(13-9-20)26-15-4-2-3-5-16-26/h6-13H,2-5,14-17H2,1H3,(H,24,28). The number of anilines is 3. The smallest absolute Gasteiger partial charge is 0.255 e. The molecule has 1 fully saturated rings. The van der Waals surface area contributed by atoms with Gasteiger partial charge in [-0.3, -0.25) is 9.80 Å². The van der Waals surface area contributed by atoms with Gasteiger partial charge in [0.1, 0.15) is 0 Å². The van der Waals surface area contributed by atoms with Crippen LogP contribution >= 0.6 is 0 Å². The summed E-state index contributed by atoms with van der Waals surface area (Å²) in [7, 11) is 0. The summed E-state index contributed by atoms with van der Waals surface area (Å²) in [4.78, 5) is 15.0. The van der Waals surface area contributed by atoms with Gasteiger partial charge in [0.25, 0.3) is 5.91 Å². The Morgan fingerprint density at radius 2 is 1.50 bits per heavy atom. The molecule has 2 heterocycles. The first kappa shape index (κ1) is 18.5. The zero-order chi connectivity index (χ0) is 19.3. The summed E-state index contributed by atoms with van der Waals surface area (Å²) in [5.74, 6) is -0.0878. The van der Waals surface area contributed by atoms with Crippen LogP contribution in [0.4, 0.5) is 17.1 Å². The van der Waals surface area contributed by atoms with Gasteiger partial charge in [0.15, 0.2) is 0 Å². The molecule has 146 valence electrons. The van der Waals surface area contributed by atoms with Crippen LogP contribution in [0.5, 0.6) is 0 Å². The van der Waals surface area contributed by atoms with E-state index in [1.165, 1.54) is 31.4 Å². The number of hydrogen-bond donors (Lipinski definition) is 1. The third-order valence-electron chi connectivity index (χ3n) is 5.50. The van der Waals surface area contributed by atoms with E-state index in [0.29, 0.717) is 5.56 Å². The highest BCUT2D eigenvalue weighted by atomic mass is 16.1. The van der Waals surface area contributed by atoms with Crippen LogP contribution < -0.4 is 15.2 Å². The van der Waals surface area contributed by atoms with Gasteiger partial charge in [-0.15, -0.1) is 0 Å².